The van der Waals surface area contributed by atoms with Crippen molar-refractivity contribution in [3.05, 3.63) is 63.8 Å². The fourth-order valence-electron chi connectivity index (χ4n) is 2.26. The van der Waals surface area contributed by atoms with Gasteiger partial charge >= 0.3 is 0 Å². The molecule has 1 heterocycles. The topological polar surface area (TPSA) is 76.7 Å². The lowest BCUT2D eigenvalue weighted by atomic mass is 10.1. The first-order valence-electron chi connectivity index (χ1n) is 7.47. The molecule has 0 fully saturated rings. The second-order valence-corrected chi connectivity index (χ2v) is 6.13. The molecule has 25 heavy (non-hydrogen) atoms. The molecule has 0 atom stereocenters. The molecule has 2 aromatic carbocycles. The van der Waals surface area contributed by atoms with E-state index in [0.717, 1.165) is 4.47 Å². The van der Waals surface area contributed by atoms with Gasteiger partial charge in [0, 0.05) is 17.1 Å². The van der Waals surface area contributed by atoms with Crippen molar-refractivity contribution in [2.24, 2.45) is 0 Å². The molecule has 1 aliphatic rings. The van der Waals surface area contributed by atoms with Gasteiger partial charge in [0.05, 0.1) is 0 Å². The minimum absolute atomic E-state index is 0.134. The molecule has 1 aliphatic heterocycles. The summed E-state index contributed by atoms with van der Waals surface area (Å²) < 4.78 is 11.5. The first-order chi connectivity index (χ1) is 12.1. The van der Waals surface area contributed by atoms with Crippen molar-refractivity contribution in [1.29, 1.82) is 0 Å². The summed E-state index contributed by atoms with van der Waals surface area (Å²) >= 11 is 3.32. The van der Waals surface area contributed by atoms with Crippen LogP contribution in [0.5, 0.6) is 11.5 Å². The maximum atomic E-state index is 12.4. The van der Waals surface area contributed by atoms with Gasteiger partial charge in [-0.25, -0.2) is 0 Å². The van der Waals surface area contributed by atoms with Crippen LogP contribution < -0.4 is 20.1 Å². The summed E-state index contributed by atoms with van der Waals surface area (Å²) in [4.78, 5) is 24.5. The van der Waals surface area contributed by atoms with Crippen LogP contribution in [-0.2, 0) is 4.79 Å². The molecule has 6 nitrogen and oxygen atoms in total. The van der Waals surface area contributed by atoms with Gasteiger partial charge < -0.3 is 20.1 Å². The van der Waals surface area contributed by atoms with E-state index in [1.165, 1.54) is 7.05 Å². The standard InChI is InChI=1S/C18H15BrN2O4/c1-20-18(23)14(21-17(22)12-3-5-13(19)6-4-12)8-11-2-7-15-16(9-11)25-10-24-15/h2-9H,10H2,1H3,(H,20,23)(H,21,22)/b14-8+. The molecule has 2 N–H and O–H groups in total. The maximum Gasteiger partial charge on any atom is 0.267 e. The summed E-state index contributed by atoms with van der Waals surface area (Å²) in [5.74, 6) is 0.480. The molecular formula is C18H15BrN2O4. The Hall–Kier alpha value is -2.80. The lowest BCUT2D eigenvalue weighted by Gasteiger charge is -2.09. The van der Waals surface area contributed by atoms with Crippen molar-refractivity contribution in [3.63, 3.8) is 0 Å². The van der Waals surface area contributed by atoms with E-state index in [-0.39, 0.29) is 18.4 Å². The number of hydrogen-bond acceptors (Lipinski definition) is 4. The quantitative estimate of drug-likeness (QED) is 0.770. The highest BCUT2D eigenvalue weighted by atomic mass is 79.9. The maximum absolute atomic E-state index is 12.4. The molecule has 3 rings (SSSR count). The lowest BCUT2D eigenvalue weighted by Crippen LogP contribution is -2.33. The number of halogens is 1. The SMILES string of the molecule is CNC(=O)/C(=C\c1ccc2c(c1)OCO2)NC(=O)c1ccc(Br)cc1. The Morgan fingerprint density at radius 1 is 1.08 bits per heavy atom. The number of fused-ring (bicyclic) bond motifs is 1. The van der Waals surface area contributed by atoms with Crippen LogP contribution >= 0.6 is 15.9 Å². The number of amides is 2. The Morgan fingerprint density at radius 3 is 2.52 bits per heavy atom. The molecule has 2 aromatic rings. The van der Waals surface area contributed by atoms with Gasteiger partial charge in [0.1, 0.15) is 5.70 Å². The monoisotopic (exact) mass is 402 g/mol. The Morgan fingerprint density at radius 2 is 1.80 bits per heavy atom. The van der Waals surface area contributed by atoms with Crippen LogP contribution in [0.15, 0.2) is 52.6 Å². The van der Waals surface area contributed by atoms with Crippen molar-refractivity contribution >= 4 is 33.8 Å². The molecule has 0 unspecified atom stereocenters. The molecule has 0 radical (unpaired) electrons. The first kappa shape index (κ1) is 17.0. The third-order valence-corrected chi connectivity index (χ3v) is 4.06. The Kier molecular flexibility index (Phi) is 5.04. The van der Waals surface area contributed by atoms with Crippen molar-refractivity contribution in [1.82, 2.24) is 10.6 Å². The highest BCUT2D eigenvalue weighted by Crippen LogP contribution is 2.33. The second-order valence-electron chi connectivity index (χ2n) is 5.21. The molecule has 2 amide bonds. The molecule has 128 valence electrons. The molecule has 0 bridgehead atoms. The lowest BCUT2D eigenvalue weighted by molar-refractivity contribution is -0.117. The summed E-state index contributed by atoms with van der Waals surface area (Å²) in [6.07, 6.45) is 1.58. The van der Waals surface area contributed by atoms with Crippen molar-refractivity contribution < 1.29 is 19.1 Å². The number of ether oxygens (including phenoxy) is 2. The van der Waals surface area contributed by atoms with E-state index in [1.807, 2.05) is 0 Å². The van der Waals surface area contributed by atoms with E-state index in [4.69, 9.17) is 9.47 Å². The number of nitrogens with one attached hydrogen (secondary N) is 2. The summed E-state index contributed by atoms with van der Waals surface area (Å²) in [6, 6.07) is 12.1. The van der Waals surface area contributed by atoms with Crippen LogP contribution in [0.3, 0.4) is 0 Å². The van der Waals surface area contributed by atoms with E-state index in [2.05, 4.69) is 26.6 Å². The van der Waals surface area contributed by atoms with Gasteiger partial charge in [0.15, 0.2) is 11.5 Å². The Labute approximate surface area is 153 Å². The second kappa shape index (κ2) is 7.40. The normalized spacial score (nSPS) is 12.6. The van der Waals surface area contributed by atoms with Gasteiger partial charge in [-0.05, 0) is 48.0 Å². The zero-order chi connectivity index (χ0) is 17.8. The van der Waals surface area contributed by atoms with Crippen LogP contribution in [0.25, 0.3) is 6.08 Å². The summed E-state index contributed by atoms with van der Waals surface area (Å²) in [7, 11) is 1.50. The molecule has 0 aliphatic carbocycles. The van der Waals surface area contributed by atoms with E-state index in [9.17, 15) is 9.59 Å². The van der Waals surface area contributed by atoms with Crippen LogP contribution in [-0.4, -0.2) is 25.7 Å². The van der Waals surface area contributed by atoms with Gasteiger partial charge in [-0.15, -0.1) is 0 Å². The summed E-state index contributed by atoms with van der Waals surface area (Å²) in [5.41, 5.74) is 1.29. The Bertz CT molecular complexity index is 847. The largest absolute Gasteiger partial charge is 0.454 e. The van der Waals surface area contributed by atoms with Crippen LogP contribution in [0.1, 0.15) is 15.9 Å². The molecule has 0 saturated heterocycles. The third kappa shape index (κ3) is 4.00. The predicted octanol–water partition coefficient (Wildman–Crippen LogP) is 2.69. The minimum atomic E-state index is -0.400. The zero-order valence-electron chi connectivity index (χ0n) is 13.3. The van der Waals surface area contributed by atoms with Crippen molar-refractivity contribution in [2.45, 2.75) is 0 Å². The number of likely N-dealkylation sites (N-methyl/N-ethyl adjacent to an activating group) is 1. The summed E-state index contributed by atoms with van der Waals surface area (Å²) in [5, 5.41) is 5.16. The average Bonchev–Trinajstić information content (AvgIpc) is 3.08. The van der Waals surface area contributed by atoms with E-state index in [0.29, 0.717) is 22.6 Å². The number of hydrogen-bond donors (Lipinski definition) is 2. The van der Waals surface area contributed by atoms with Gasteiger partial charge in [-0.1, -0.05) is 22.0 Å². The highest BCUT2D eigenvalue weighted by Gasteiger charge is 2.16. The van der Waals surface area contributed by atoms with Crippen molar-refractivity contribution in [3.8, 4) is 11.5 Å². The van der Waals surface area contributed by atoms with Crippen LogP contribution in [0.2, 0.25) is 0 Å². The Balaban J connectivity index is 1.85. The van der Waals surface area contributed by atoms with Gasteiger partial charge in [0.25, 0.3) is 11.8 Å². The molecule has 0 aromatic heterocycles. The number of benzene rings is 2. The fraction of sp³-hybridized carbons (Fsp3) is 0.111. The average molecular weight is 403 g/mol. The van der Waals surface area contributed by atoms with E-state index < -0.39 is 5.91 Å². The predicted molar refractivity (Wildman–Crippen MR) is 96.2 cm³/mol. The van der Waals surface area contributed by atoms with Crippen molar-refractivity contribution in [2.75, 3.05) is 13.8 Å². The van der Waals surface area contributed by atoms with Gasteiger partial charge in [0.2, 0.25) is 6.79 Å². The van der Waals surface area contributed by atoms with E-state index >= 15 is 0 Å². The number of carbonyl (C=O) groups excluding carboxylic acids is 2. The zero-order valence-corrected chi connectivity index (χ0v) is 14.9. The van der Waals surface area contributed by atoms with E-state index in [1.54, 1.807) is 48.5 Å². The fourth-order valence-corrected chi connectivity index (χ4v) is 2.52. The van der Waals surface area contributed by atoms with Crippen LogP contribution in [0.4, 0.5) is 0 Å². The molecule has 0 saturated carbocycles. The first-order valence-corrected chi connectivity index (χ1v) is 8.26. The van der Waals surface area contributed by atoms with Gasteiger partial charge in [-0.2, -0.15) is 0 Å². The third-order valence-electron chi connectivity index (χ3n) is 3.53. The highest BCUT2D eigenvalue weighted by molar-refractivity contribution is 9.10. The van der Waals surface area contributed by atoms with Crippen LogP contribution in [0, 0.1) is 0 Å². The minimum Gasteiger partial charge on any atom is -0.454 e. The molecular weight excluding hydrogens is 388 g/mol. The molecule has 7 heteroatoms. The summed E-state index contributed by atoms with van der Waals surface area (Å²) in [6.45, 7) is 0.172. The number of rotatable bonds is 4. The smallest absolute Gasteiger partial charge is 0.267 e. The van der Waals surface area contributed by atoms with Gasteiger partial charge in [-0.3, -0.25) is 9.59 Å². The molecule has 0 spiro atoms. The number of carbonyl (C=O) groups is 2.